The van der Waals surface area contributed by atoms with Gasteiger partial charge in [0, 0.05) is 17.9 Å². The second kappa shape index (κ2) is 4.11. The molecule has 0 aromatic heterocycles. The quantitative estimate of drug-likeness (QED) is 0.813. The van der Waals surface area contributed by atoms with Crippen molar-refractivity contribution in [2.24, 2.45) is 16.7 Å². The molecule has 2 nitrogen and oxygen atoms in total. The maximum atomic E-state index is 12.4. The van der Waals surface area contributed by atoms with E-state index in [0.29, 0.717) is 12.2 Å². The normalized spacial score (nSPS) is 20.5. The van der Waals surface area contributed by atoms with Crippen molar-refractivity contribution in [2.45, 2.75) is 34.1 Å². The number of ketones is 1. The van der Waals surface area contributed by atoms with E-state index >= 15 is 0 Å². The predicted molar refractivity (Wildman–Crippen MR) is 72.8 cm³/mol. The van der Waals surface area contributed by atoms with Crippen LogP contribution in [0.2, 0.25) is 0 Å². The highest BCUT2D eigenvalue weighted by Crippen LogP contribution is 2.68. The average molecular weight is 246 g/mol. The van der Waals surface area contributed by atoms with E-state index in [1.54, 1.807) is 7.11 Å². The van der Waals surface area contributed by atoms with Crippen molar-refractivity contribution in [1.82, 2.24) is 0 Å². The molecular formula is C16H22O2. The summed E-state index contributed by atoms with van der Waals surface area (Å²) in [5.41, 5.74) is 1.22. The molecule has 0 atom stereocenters. The van der Waals surface area contributed by atoms with Crippen LogP contribution in [0.3, 0.4) is 0 Å². The molecule has 0 spiro atoms. The lowest BCUT2D eigenvalue weighted by Crippen LogP contribution is -2.11. The number of para-hydroxylation sites is 1. The van der Waals surface area contributed by atoms with Gasteiger partial charge in [0.15, 0.2) is 0 Å². The van der Waals surface area contributed by atoms with Crippen LogP contribution in [-0.2, 0) is 11.2 Å². The van der Waals surface area contributed by atoms with Crippen molar-refractivity contribution >= 4 is 5.78 Å². The van der Waals surface area contributed by atoms with Crippen molar-refractivity contribution in [1.29, 1.82) is 0 Å². The zero-order valence-corrected chi connectivity index (χ0v) is 11.9. The molecule has 1 aromatic rings. The molecule has 18 heavy (non-hydrogen) atoms. The number of carbonyl (C=O) groups excluding carboxylic acids is 1. The number of hydrogen-bond acceptors (Lipinski definition) is 2. The fourth-order valence-electron chi connectivity index (χ4n) is 3.14. The Kier molecular flexibility index (Phi) is 3.00. The first-order valence-electron chi connectivity index (χ1n) is 6.47. The Morgan fingerprint density at radius 1 is 1.17 bits per heavy atom. The lowest BCUT2D eigenvalue weighted by atomic mass is 10.0. The number of ether oxygens (including phenoxy) is 1. The van der Waals surface area contributed by atoms with Crippen LogP contribution >= 0.6 is 0 Å². The minimum Gasteiger partial charge on any atom is -0.496 e. The number of rotatable bonds is 4. The monoisotopic (exact) mass is 246 g/mol. The standard InChI is InChI=1S/C16H22O2/c1-15(2)14(16(15,3)4)12(17)10-11-8-6-7-9-13(11)18-5/h6-9,14H,10H2,1-5H3. The Morgan fingerprint density at radius 3 is 2.22 bits per heavy atom. The van der Waals surface area contributed by atoms with Crippen LogP contribution in [0.25, 0.3) is 0 Å². The van der Waals surface area contributed by atoms with Crippen LogP contribution in [0.5, 0.6) is 5.75 Å². The van der Waals surface area contributed by atoms with Gasteiger partial charge >= 0.3 is 0 Å². The van der Waals surface area contributed by atoms with E-state index in [9.17, 15) is 4.79 Å². The molecular weight excluding hydrogens is 224 g/mol. The van der Waals surface area contributed by atoms with Gasteiger partial charge in [-0.15, -0.1) is 0 Å². The van der Waals surface area contributed by atoms with Crippen LogP contribution in [0.15, 0.2) is 24.3 Å². The van der Waals surface area contributed by atoms with E-state index in [0.717, 1.165) is 11.3 Å². The largest absolute Gasteiger partial charge is 0.496 e. The number of hydrogen-bond donors (Lipinski definition) is 0. The molecule has 0 radical (unpaired) electrons. The summed E-state index contributed by atoms with van der Waals surface area (Å²) in [6.45, 7) is 8.71. The Morgan fingerprint density at radius 2 is 1.72 bits per heavy atom. The zero-order valence-electron chi connectivity index (χ0n) is 11.9. The third-order valence-corrected chi connectivity index (χ3v) is 4.90. The topological polar surface area (TPSA) is 26.3 Å². The zero-order chi connectivity index (χ0) is 13.6. The second-order valence-corrected chi connectivity index (χ2v) is 6.33. The van der Waals surface area contributed by atoms with E-state index in [-0.39, 0.29) is 16.7 Å². The molecule has 0 bridgehead atoms. The van der Waals surface area contributed by atoms with Gasteiger partial charge in [0.2, 0.25) is 0 Å². The van der Waals surface area contributed by atoms with Crippen molar-refractivity contribution in [2.75, 3.05) is 7.11 Å². The molecule has 0 amide bonds. The lowest BCUT2D eigenvalue weighted by molar-refractivity contribution is -0.120. The number of carbonyl (C=O) groups is 1. The summed E-state index contributed by atoms with van der Waals surface area (Å²) in [7, 11) is 1.65. The molecule has 0 aliphatic heterocycles. The predicted octanol–water partition coefficient (Wildman–Crippen LogP) is 3.49. The van der Waals surface area contributed by atoms with Crippen molar-refractivity contribution < 1.29 is 9.53 Å². The average Bonchev–Trinajstić information content (AvgIpc) is 2.70. The molecule has 2 rings (SSSR count). The van der Waals surface area contributed by atoms with Gasteiger partial charge in [0.25, 0.3) is 0 Å². The molecule has 0 heterocycles. The van der Waals surface area contributed by atoms with Gasteiger partial charge in [-0.2, -0.15) is 0 Å². The van der Waals surface area contributed by atoms with Gasteiger partial charge in [-0.3, -0.25) is 4.79 Å². The second-order valence-electron chi connectivity index (χ2n) is 6.33. The maximum Gasteiger partial charge on any atom is 0.141 e. The molecule has 2 heteroatoms. The summed E-state index contributed by atoms with van der Waals surface area (Å²) in [6, 6.07) is 7.76. The molecule has 1 saturated carbocycles. The highest BCUT2D eigenvalue weighted by Gasteiger charge is 2.67. The highest BCUT2D eigenvalue weighted by molar-refractivity contribution is 5.88. The van der Waals surface area contributed by atoms with E-state index in [2.05, 4.69) is 27.7 Å². The Labute approximate surface area is 109 Å². The first-order chi connectivity index (χ1) is 8.32. The number of methoxy groups -OCH3 is 1. The SMILES string of the molecule is COc1ccccc1CC(=O)C1C(C)(C)C1(C)C. The first-order valence-corrected chi connectivity index (χ1v) is 6.47. The van der Waals surface area contributed by atoms with E-state index in [1.807, 2.05) is 24.3 Å². The lowest BCUT2D eigenvalue weighted by Gasteiger charge is -2.08. The van der Waals surface area contributed by atoms with Gasteiger partial charge in [0.05, 0.1) is 7.11 Å². The van der Waals surface area contributed by atoms with Crippen molar-refractivity contribution in [3.63, 3.8) is 0 Å². The molecule has 1 aliphatic rings. The third kappa shape index (κ3) is 1.84. The smallest absolute Gasteiger partial charge is 0.141 e. The Hall–Kier alpha value is -1.31. The third-order valence-electron chi connectivity index (χ3n) is 4.90. The Bertz CT molecular complexity index is 458. The van der Waals surface area contributed by atoms with Crippen LogP contribution in [0, 0.1) is 16.7 Å². The van der Waals surface area contributed by atoms with Crippen molar-refractivity contribution in [3.05, 3.63) is 29.8 Å². The van der Waals surface area contributed by atoms with Crippen LogP contribution in [0.4, 0.5) is 0 Å². The number of benzene rings is 1. The maximum absolute atomic E-state index is 12.4. The van der Waals surface area contributed by atoms with Gasteiger partial charge in [-0.25, -0.2) is 0 Å². The number of Topliss-reactive ketones (excluding diaryl/α,β-unsaturated/α-hetero) is 1. The molecule has 0 unspecified atom stereocenters. The molecule has 1 aromatic carbocycles. The fourth-order valence-corrected chi connectivity index (χ4v) is 3.14. The van der Waals surface area contributed by atoms with E-state index < -0.39 is 0 Å². The molecule has 1 fully saturated rings. The first kappa shape index (κ1) is 13.1. The summed E-state index contributed by atoms with van der Waals surface area (Å²) < 4.78 is 5.30. The van der Waals surface area contributed by atoms with E-state index in [1.165, 1.54) is 0 Å². The highest BCUT2D eigenvalue weighted by atomic mass is 16.5. The summed E-state index contributed by atoms with van der Waals surface area (Å²) in [5.74, 6) is 1.30. The molecule has 1 aliphatic carbocycles. The minimum absolute atomic E-state index is 0.117. The van der Waals surface area contributed by atoms with Gasteiger partial charge < -0.3 is 4.74 Å². The minimum atomic E-state index is 0.117. The summed E-state index contributed by atoms with van der Waals surface area (Å²) in [5, 5.41) is 0. The molecule has 0 N–H and O–H groups in total. The van der Waals surface area contributed by atoms with E-state index in [4.69, 9.17) is 4.74 Å². The summed E-state index contributed by atoms with van der Waals surface area (Å²) in [4.78, 5) is 12.4. The molecule has 0 saturated heterocycles. The fraction of sp³-hybridized carbons (Fsp3) is 0.562. The van der Waals surface area contributed by atoms with Gasteiger partial charge in [-0.05, 0) is 16.9 Å². The molecule has 98 valence electrons. The van der Waals surface area contributed by atoms with Crippen LogP contribution in [0.1, 0.15) is 33.3 Å². The van der Waals surface area contributed by atoms with Gasteiger partial charge in [0.1, 0.15) is 11.5 Å². The van der Waals surface area contributed by atoms with Crippen molar-refractivity contribution in [3.8, 4) is 5.75 Å². The Balaban J connectivity index is 2.14. The summed E-state index contributed by atoms with van der Waals surface area (Å²) in [6.07, 6.45) is 0.474. The summed E-state index contributed by atoms with van der Waals surface area (Å²) >= 11 is 0. The van der Waals surface area contributed by atoms with Crippen LogP contribution in [-0.4, -0.2) is 12.9 Å². The van der Waals surface area contributed by atoms with Crippen LogP contribution < -0.4 is 4.74 Å². The van der Waals surface area contributed by atoms with Gasteiger partial charge in [-0.1, -0.05) is 45.9 Å².